The Balaban J connectivity index is 2.00. The molecular formula is C17H16N2O2S2. The average Bonchev–Trinajstić information content (AvgIpc) is 2.97. The maximum absolute atomic E-state index is 12.6. The monoisotopic (exact) mass is 344 g/mol. The number of rotatable bonds is 5. The van der Waals surface area contributed by atoms with Crippen molar-refractivity contribution in [3.63, 3.8) is 0 Å². The van der Waals surface area contributed by atoms with Gasteiger partial charge in [-0.25, -0.2) is 4.98 Å². The summed E-state index contributed by atoms with van der Waals surface area (Å²) in [6.45, 7) is 3.98. The Hall–Kier alpha value is -1.92. The van der Waals surface area contributed by atoms with E-state index in [1.165, 1.54) is 11.8 Å². The molecule has 0 aliphatic carbocycles. The summed E-state index contributed by atoms with van der Waals surface area (Å²) in [5.41, 5.74) is 1.61. The number of nitrogens with zero attached hydrogens (tertiary/aromatic N) is 2. The second-order valence-electron chi connectivity index (χ2n) is 5.02. The highest BCUT2D eigenvalue weighted by Gasteiger charge is 2.40. The maximum Gasteiger partial charge on any atom is 0.328 e. The van der Waals surface area contributed by atoms with E-state index in [2.05, 4.69) is 9.97 Å². The average molecular weight is 344 g/mol. The van der Waals surface area contributed by atoms with Gasteiger partial charge in [-0.2, -0.15) is 0 Å². The molecule has 2 heterocycles. The highest BCUT2D eigenvalue weighted by atomic mass is 32.2. The zero-order valence-corrected chi connectivity index (χ0v) is 14.5. The number of pyridine rings is 1. The van der Waals surface area contributed by atoms with E-state index in [-0.39, 0.29) is 5.97 Å². The number of aromatic nitrogens is 2. The first-order valence-corrected chi connectivity index (χ1v) is 8.90. The minimum absolute atomic E-state index is 0.303. The minimum atomic E-state index is -0.925. The first kappa shape index (κ1) is 16.0. The summed E-state index contributed by atoms with van der Waals surface area (Å²) in [6, 6.07) is 13.5. The number of para-hydroxylation sites is 1. The van der Waals surface area contributed by atoms with Gasteiger partial charge in [0.05, 0.1) is 22.5 Å². The van der Waals surface area contributed by atoms with Gasteiger partial charge in [-0.3, -0.25) is 9.78 Å². The molecule has 23 heavy (non-hydrogen) atoms. The van der Waals surface area contributed by atoms with E-state index in [0.717, 1.165) is 14.6 Å². The Kier molecular flexibility index (Phi) is 4.63. The first-order valence-electron chi connectivity index (χ1n) is 7.27. The van der Waals surface area contributed by atoms with Crippen molar-refractivity contribution in [2.24, 2.45) is 0 Å². The molecule has 3 aromatic rings. The summed E-state index contributed by atoms with van der Waals surface area (Å²) in [6.07, 6.45) is 1.69. The lowest BCUT2D eigenvalue weighted by Gasteiger charge is -2.24. The van der Waals surface area contributed by atoms with Crippen LogP contribution in [0.2, 0.25) is 0 Å². The summed E-state index contributed by atoms with van der Waals surface area (Å²) < 4.78 is 6.28. The van der Waals surface area contributed by atoms with E-state index in [4.69, 9.17) is 4.74 Å². The van der Waals surface area contributed by atoms with Gasteiger partial charge in [0.15, 0.2) is 9.09 Å². The Morgan fingerprint density at radius 2 is 2.04 bits per heavy atom. The number of hydrogen-bond donors (Lipinski definition) is 0. The van der Waals surface area contributed by atoms with Crippen LogP contribution in [-0.4, -0.2) is 22.5 Å². The molecule has 2 aromatic heterocycles. The van der Waals surface area contributed by atoms with Crippen molar-refractivity contribution in [3.05, 3.63) is 54.4 Å². The van der Waals surface area contributed by atoms with Crippen molar-refractivity contribution in [2.75, 3.05) is 6.61 Å². The first-order chi connectivity index (χ1) is 11.1. The summed E-state index contributed by atoms with van der Waals surface area (Å²) in [7, 11) is 0. The molecule has 0 spiro atoms. The normalized spacial score (nSPS) is 13.7. The van der Waals surface area contributed by atoms with Gasteiger partial charge in [0.1, 0.15) is 0 Å². The molecule has 118 valence electrons. The lowest BCUT2D eigenvalue weighted by atomic mass is 10.1. The van der Waals surface area contributed by atoms with Crippen LogP contribution >= 0.6 is 23.1 Å². The van der Waals surface area contributed by atoms with Crippen molar-refractivity contribution in [2.45, 2.75) is 22.9 Å². The fourth-order valence-corrected chi connectivity index (χ4v) is 4.68. The van der Waals surface area contributed by atoms with E-state index in [0.29, 0.717) is 12.3 Å². The van der Waals surface area contributed by atoms with E-state index in [9.17, 15) is 4.79 Å². The molecule has 4 nitrogen and oxygen atoms in total. The fraction of sp³-hybridized carbons (Fsp3) is 0.235. The van der Waals surface area contributed by atoms with Crippen molar-refractivity contribution in [1.29, 1.82) is 0 Å². The Bertz CT molecular complexity index is 787. The van der Waals surface area contributed by atoms with Crippen LogP contribution in [0.25, 0.3) is 10.2 Å². The predicted molar refractivity (Wildman–Crippen MR) is 93.7 cm³/mol. The highest BCUT2D eigenvalue weighted by Crippen LogP contribution is 2.44. The molecule has 0 N–H and O–H groups in total. The molecular weight excluding hydrogens is 328 g/mol. The van der Waals surface area contributed by atoms with Crippen LogP contribution < -0.4 is 0 Å². The molecule has 0 amide bonds. The number of carbonyl (C=O) groups excluding carboxylic acids is 1. The fourth-order valence-electron chi connectivity index (χ4n) is 2.18. The van der Waals surface area contributed by atoms with Gasteiger partial charge in [0.25, 0.3) is 0 Å². The Morgan fingerprint density at radius 1 is 1.26 bits per heavy atom. The van der Waals surface area contributed by atoms with Gasteiger partial charge < -0.3 is 4.74 Å². The molecule has 0 saturated heterocycles. The van der Waals surface area contributed by atoms with Gasteiger partial charge in [0.2, 0.25) is 0 Å². The molecule has 1 unspecified atom stereocenters. The molecule has 0 bridgehead atoms. The SMILES string of the molecule is CCOC(=O)C(C)(Sc1nc2ccccc2s1)c1ccccn1. The molecule has 6 heteroatoms. The van der Waals surface area contributed by atoms with Crippen LogP contribution in [0.3, 0.4) is 0 Å². The summed E-state index contributed by atoms with van der Waals surface area (Å²) in [4.78, 5) is 21.5. The third kappa shape index (κ3) is 3.23. The van der Waals surface area contributed by atoms with Gasteiger partial charge in [-0.05, 0) is 38.1 Å². The van der Waals surface area contributed by atoms with Crippen molar-refractivity contribution < 1.29 is 9.53 Å². The second kappa shape index (κ2) is 6.68. The molecule has 1 aromatic carbocycles. The topological polar surface area (TPSA) is 52.1 Å². The molecule has 0 aliphatic heterocycles. The second-order valence-corrected chi connectivity index (χ2v) is 7.71. The number of thiazole rings is 1. The summed E-state index contributed by atoms with van der Waals surface area (Å²) in [5.74, 6) is -0.303. The van der Waals surface area contributed by atoms with Gasteiger partial charge in [-0.15, -0.1) is 11.3 Å². The Labute approximate surface area is 142 Å². The molecule has 0 radical (unpaired) electrons. The highest BCUT2D eigenvalue weighted by molar-refractivity contribution is 8.02. The number of carbonyl (C=O) groups is 1. The number of thioether (sulfide) groups is 1. The van der Waals surface area contributed by atoms with E-state index in [1.807, 2.05) is 49.4 Å². The van der Waals surface area contributed by atoms with E-state index < -0.39 is 4.75 Å². The third-order valence-electron chi connectivity index (χ3n) is 3.38. The minimum Gasteiger partial charge on any atom is -0.465 e. The maximum atomic E-state index is 12.6. The number of fused-ring (bicyclic) bond motifs is 1. The van der Waals surface area contributed by atoms with Gasteiger partial charge in [0, 0.05) is 6.20 Å². The van der Waals surface area contributed by atoms with Crippen LogP contribution in [0.1, 0.15) is 19.5 Å². The van der Waals surface area contributed by atoms with Crippen molar-refractivity contribution in [3.8, 4) is 0 Å². The summed E-state index contributed by atoms with van der Waals surface area (Å²) >= 11 is 2.96. The number of ether oxygens (including phenoxy) is 1. The quantitative estimate of drug-likeness (QED) is 0.511. The molecule has 0 aliphatic rings. The largest absolute Gasteiger partial charge is 0.465 e. The van der Waals surface area contributed by atoms with E-state index in [1.54, 1.807) is 24.5 Å². The van der Waals surface area contributed by atoms with Crippen LogP contribution in [-0.2, 0) is 14.3 Å². The molecule has 1 atom stereocenters. The number of benzene rings is 1. The molecule has 0 fully saturated rings. The molecule has 3 rings (SSSR count). The van der Waals surface area contributed by atoms with Crippen molar-refractivity contribution >= 4 is 39.3 Å². The number of hydrogen-bond acceptors (Lipinski definition) is 6. The zero-order chi connectivity index (χ0) is 16.3. The smallest absolute Gasteiger partial charge is 0.328 e. The van der Waals surface area contributed by atoms with Crippen LogP contribution in [0.4, 0.5) is 0 Å². The summed E-state index contributed by atoms with van der Waals surface area (Å²) in [5, 5.41) is 0. The zero-order valence-electron chi connectivity index (χ0n) is 12.9. The standard InChI is InChI=1S/C17H16N2O2S2/c1-3-21-15(20)17(2,14-10-6-7-11-18-14)23-16-19-12-8-4-5-9-13(12)22-16/h4-11H,3H2,1-2H3. The molecule has 0 saturated carbocycles. The van der Waals surface area contributed by atoms with Crippen LogP contribution in [0.5, 0.6) is 0 Å². The number of esters is 1. The van der Waals surface area contributed by atoms with Crippen molar-refractivity contribution in [1.82, 2.24) is 9.97 Å². The van der Waals surface area contributed by atoms with Gasteiger partial charge in [-0.1, -0.05) is 30.0 Å². The lowest BCUT2D eigenvalue weighted by molar-refractivity contribution is -0.145. The van der Waals surface area contributed by atoms with Gasteiger partial charge >= 0.3 is 5.97 Å². The third-order valence-corrected chi connectivity index (χ3v) is 5.77. The van der Waals surface area contributed by atoms with Crippen LogP contribution in [0, 0.1) is 0 Å². The van der Waals surface area contributed by atoms with E-state index >= 15 is 0 Å². The Morgan fingerprint density at radius 3 is 2.74 bits per heavy atom. The lowest BCUT2D eigenvalue weighted by Crippen LogP contribution is -2.32. The predicted octanol–water partition coefficient (Wildman–Crippen LogP) is 4.26. The van der Waals surface area contributed by atoms with Crippen LogP contribution in [0.15, 0.2) is 53.0 Å².